The van der Waals surface area contributed by atoms with Crippen LogP contribution < -0.4 is 5.32 Å². The summed E-state index contributed by atoms with van der Waals surface area (Å²) in [6, 6.07) is 19.6. The molecule has 42 heavy (non-hydrogen) atoms. The molecule has 2 amide bonds. The molecule has 4 aromatic rings. The van der Waals surface area contributed by atoms with Gasteiger partial charge in [-0.25, -0.2) is 0 Å². The maximum Gasteiger partial charge on any atom is 0.416 e. The molecule has 0 heterocycles. The summed E-state index contributed by atoms with van der Waals surface area (Å²) in [5.41, 5.74) is -2.54. The molecule has 4 aromatic carbocycles. The third-order valence-electron chi connectivity index (χ3n) is 6.79. The Hall–Kier alpha value is -4.05. The summed E-state index contributed by atoms with van der Waals surface area (Å²) in [4.78, 5) is 27.4. The summed E-state index contributed by atoms with van der Waals surface area (Å²) < 4.78 is 80.7. The van der Waals surface area contributed by atoms with Crippen molar-refractivity contribution in [3.63, 3.8) is 0 Å². The van der Waals surface area contributed by atoms with E-state index in [1.165, 1.54) is 7.05 Å². The molecular weight excluding hydrogens is 582 g/mol. The lowest BCUT2D eigenvalue weighted by molar-refractivity contribution is -0.143. The highest BCUT2D eigenvalue weighted by Crippen LogP contribution is 2.36. The van der Waals surface area contributed by atoms with E-state index in [1.807, 2.05) is 36.4 Å². The van der Waals surface area contributed by atoms with E-state index < -0.39 is 46.9 Å². The van der Waals surface area contributed by atoms with Crippen LogP contribution in [0.5, 0.6) is 0 Å². The lowest BCUT2D eigenvalue weighted by atomic mass is 9.97. The molecule has 1 N–H and O–H groups in total. The van der Waals surface area contributed by atoms with Gasteiger partial charge in [0.25, 0.3) is 5.91 Å². The molecule has 0 radical (unpaired) electrons. The molecule has 1 unspecified atom stereocenters. The summed E-state index contributed by atoms with van der Waals surface area (Å²) in [5, 5.41) is 5.04. The Morgan fingerprint density at radius 1 is 0.786 bits per heavy atom. The van der Waals surface area contributed by atoms with Crippen molar-refractivity contribution in [1.29, 1.82) is 0 Å². The fourth-order valence-electron chi connectivity index (χ4n) is 4.57. The summed E-state index contributed by atoms with van der Waals surface area (Å²) in [5.74, 6) is -1.56. The van der Waals surface area contributed by atoms with Gasteiger partial charge in [0.2, 0.25) is 5.91 Å². The average molecular weight is 607 g/mol. The Morgan fingerprint density at radius 2 is 1.43 bits per heavy atom. The number of hydrogen-bond acceptors (Lipinski definition) is 2. The zero-order chi connectivity index (χ0) is 30.7. The van der Waals surface area contributed by atoms with Gasteiger partial charge in [0.1, 0.15) is 0 Å². The van der Waals surface area contributed by atoms with Crippen LogP contribution in [0.4, 0.5) is 26.3 Å². The Labute approximate surface area is 242 Å². The Bertz CT molecular complexity index is 1570. The van der Waals surface area contributed by atoms with Crippen LogP contribution in [0.3, 0.4) is 0 Å². The smallest absolute Gasteiger partial charge is 0.352 e. The number of likely N-dealkylation sites (N-methyl/N-ethyl adjacent to an activating group) is 1. The number of halogens is 7. The van der Waals surface area contributed by atoms with Crippen molar-refractivity contribution in [2.24, 2.45) is 0 Å². The molecule has 0 aliphatic heterocycles. The van der Waals surface area contributed by atoms with E-state index in [9.17, 15) is 35.9 Å². The summed E-state index contributed by atoms with van der Waals surface area (Å²) in [6.07, 6.45) is -10.4. The Kier molecular flexibility index (Phi) is 9.15. The van der Waals surface area contributed by atoms with Crippen LogP contribution in [0, 0.1) is 0 Å². The molecule has 4 rings (SSSR count). The summed E-state index contributed by atoms with van der Waals surface area (Å²) in [6.45, 7) is 0.127. The van der Waals surface area contributed by atoms with Crippen LogP contribution in [-0.4, -0.2) is 29.8 Å². The number of amides is 2. The Balaban J connectivity index is 1.64. The molecule has 0 saturated heterocycles. The van der Waals surface area contributed by atoms with E-state index in [1.54, 1.807) is 30.3 Å². The quantitative estimate of drug-likeness (QED) is 0.207. The number of nitrogens with one attached hydrogen (secondary N) is 1. The van der Waals surface area contributed by atoms with Gasteiger partial charge < -0.3 is 10.2 Å². The van der Waals surface area contributed by atoms with Gasteiger partial charge in [0.05, 0.1) is 11.1 Å². The number of rotatable bonds is 8. The normalized spacial score (nSPS) is 12.7. The first kappa shape index (κ1) is 30.9. The highest BCUT2D eigenvalue weighted by Gasteiger charge is 2.38. The highest BCUT2D eigenvalue weighted by atomic mass is 35.5. The van der Waals surface area contributed by atoms with E-state index >= 15 is 0 Å². The lowest BCUT2D eigenvalue weighted by Gasteiger charge is -2.29. The monoisotopic (exact) mass is 606 g/mol. The average Bonchev–Trinajstić information content (AvgIpc) is 2.94. The highest BCUT2D eigenvalue weighted by molar-refractivity contribution is 6.30. The number of fused-ring (bicyclic) bond motifs is 1. The number of benzene rings is 4. The third-order valence-corrected chi connectivity index (χ3v) is 7.02. The molecule has 220 valence electrons. The molecule has 11 heteroatoms. The van der Waals surface area contributed by atoms with Crippen LogP contribution in [0.15, 0.2) is 84.9 Å². The number of nitrogens with zero attached hydrogens (tertiary/aromatic N) is 1. The number of alkyl halides is 6. The fourth-order valence-corrected chi connectivity index (χ4v) is 4.78. The second kappa shape index (κ2) is 12.4. The van der Waals surface area contributed by atoms with Crippen molar-refractivity contribution in [3.8, 4) is 0 Å². The predicted molar refractivity (Wildman–Crippen MR) is 148 cm³/mol. The van der Waals surface area contributed by atoms with Gasteiger partial charge in [-0.05, 0) is 58.7 Å². The molecule has 1 atom stereocenters. The topological polar surface area (TPSA) is 49.4 Å². The van der Waals surface area contributed by atoms with E-state index in [0.29, 0.717) is 17.2 Å². The maximum atomic E-state index is 13.4. The molecule has 0 saturated carbocycles. The molecule has 0 fully saturated rings. The standard InChI is InChI=1S/C31H25ClF6N2O2/c1-40(29(42)23-14-24(30(33,34)35)16-25(15-23)31(36,37)38)27(13-19-9-10-21-6-2-3-7-22(21)11-19)17-28(41)39-18-20-5-4-8-26(32)12-20/h2-12,14-16,27H,13,17-18H2,1H3,(H,39,41). The van der Waals surface area contributed by atoms with Gasteiger partial charge in [0.15, 0.2) is 0 Å². The van der Waals surface area contributed by atoms with Crippen molar-refractivity contribution in [1.82, 2.24) is 10.2 Å². The summed E-state index contributed by atoms with van der Waals surface area (Å²) in [7, 11) is 1.26. The minimum absolute atomic E-state index is 0.0351. The zero-order valence-electron chi connectivity index (χ0n) is 22.2. The second-order valence-corrected chi connectivity index (χ2v) is 10.3. The maximum absolute atomic E-state index is 13.4. The second-order valence-electron chi connectivity index (χ2n) is 9.86. The van der Waals surface area contributed by atoms with Gasteiger partial charge in [-0.1, -0.05) is 66.2 Å². The van der Waals surface area contributed by atoms with Crippen LogP contribution >= 0.6 is 11.6 Å². The largest absolute Gasteiger partial charge is 0.416 e. The van der Waals surface area contributed by atoms with E-state index in [2.05, 4.69) is 5.32 Å². The van der Waals surface area contributed by atoms with Gasteiger partial charge in [-0.3, -0.25) is 9.59 Å². The number of carbonyl (C=O) groups excluding carboxylic acids is 2. The number of carbonyl (C=O) groups is 2. The van der Waals surface area contributed by atoms with Gasteiger partial charge in [0, 0.05) is 36.6 Å². The van der Waals surface area contributed by atoms with Crippen LogP contribution in [0.25, 0.3) is 10.8 Å². The van der Waals surface area contributed by atoms with E-state index in [-0.39, 0.29) is 25.5 Å². The van der Waals surface area contributed by atoms with Crippen molar-refractivity contribution in [2.45, 2.75) is 37.8 Å². The molecule has 0 aromatic heterocycles. The van der Waals surface area contributed by atoms with Crippen LogP contribution in [-0.2, 0) is 30.1 Å². The van der Waals surface area contributed by atoms with Crippen molar-refractivity contribution < 1.29 is 35.9 Å². The molecule has 4 nitrogen and oxygen atoms in total. The fraction of sp³-hybridized carbons (Fsp3) is 0.226. The minimum atomic E-state index is -5.11. The number of hydrogen-bond donors (Lipinski definition) is 1. The SMILES string of the molecule is CN(C(=O)c1cc(C(F)(F)F)cc(C(F)(F)F)c1)C(CC(=O)NCc1cccc(Cl)c1)Cc1ccc2ccccc2c1. The van der Waals surface area contributed by atoms with Gasteiger partial charge in [-0.2, -0.15) is 26.3 Å². The first-order chi connectivity index (χ1) is 19.7. The molecular formula is C31H25ClF6N2O2. The van der Waals surface area contributed by atoms with E-state index in [4.69, 9.17) is 11.6 Å². The predicted octanol–water partition coefficient (Wildman–Crippen LogP) is 7.92. The molecule has 0 aliphatic carbocycles. The zero-order valence-corrected chi connectivity index (χ0v) is 22.9. The van der Waals surface area contributed by atoms with Crippen LogP contribution in [0.1, 0.15) is 39.0 Å². The molecule has 0 aliphatic rings. The molecule has 0 spiro atoms. The summed E-state index contributed by atoms with van der Waals surface area (Å²) >= 11 is 5.99. The third kappa shape index (κ3) is 7.82. The van der Waals surface area contributed by atoms with Crippen molar-refractivity contribution in [2.75, 3.05) is 7.05 Å². The molecule has 0 bridgehead atoms. The van der Waals surface area contributed by atoms with Crippen molar-refractivity contribution in [3.05, 3.63) is 118 Å². The van der Waals surface area contributed by atoms with Crippen LogP contribution in [0.2, 0.25) is 5.02 Å². The van der Waals surface area contributed by atoms with Gasteiger partial charge >= 0.3 is 12.4 Å². The van der Waals surface area contributed by atoms with Gasteiger partial charge in [-0.15, -0.1) is 0 Å². The van der Waals surface area contributed by atoms with E-state index in [0.717, 1.165) is 26.8 Å². The first-order valence-electron chi connectivity index (χ1n) is 12.8. The lowest BCUT2D eigenvalue weighted by Crippen LogP contribution is -2.42. The minimum Gasteiger partial charge on any atom is -0.352 e. The first-order valence-corrected chi connectivity index (χ1v) is 13.1. The van der Waals surface area contributed by atoms with Crippen molar-refractivity contribution >= 4 is 34.2 Å². The Morgan fingerprint density at radius 3 is 2.05 bits per heavy atom.